The summed E-state index contributed by atoms with van der Waals surface area (Å²) in [7, 11) is 0. The summed E-state index contributed by atoms with van der Waals surface area (Å²) in [6, 6.07) is 1.75. The summed E-state index contributed by atoms with van der Waals surface area (Å²) >= 11 is 0. The third kappa shape index (κ3) is 3.73. The van der Waals surface area contributed by atoms with Gasteiger partial charge in [-0.15, -0.1) is 0 Å². The lowest BCUT2D eigenvalue weighted by molar-refractivity contribution is 0.232. The van der Waals surface area contributed by atoms with Crippen molar-refractivity contribution in [3.8, 4) is 5.88 Å². The van der Waals surface area contributed by atoms with E-state index < -0.39 is 0 Å². The van der Waals surface area contributed by atoms with Crippen molar-refractivity contribution in [2.45, 2.75) is 26.4 Å². The summed E-state index contributed by atoms with van der Waals surface area (Å²) in [4.78, 5) is 15.6. The van der Waals surface area contributed by atoms with E-state index in [4.69, 9.17) is 4.74 Å². The molecule has 0 aromatic carbocycles. The van der Waals surface area contributed by atoms with Crippen molar-refractivity contribution in [3.05, 3.63) is 30.5 Å². The van der Waals surface area contributed by atoms with Gasteiger partial charge >= 0.3 is 0 Å². The Morgan fingerprint density at radius 2 is 2.22 bits per heavy atom. The first-order chi connectivity index (χ1) is 8.74. The SMILES string of the molecule is CC(C)Oc1ccnc(NCCc2ncc[nH]2)n1. The van der Waals surface area contributed by atoms with Gasteiger partial charge in [0.1, 0.15) is 5.82 Å². The second-order valence-corrected chi connectivity index (χ2v) is 4.10. The number of hydrogen-bond acceptors (Lipinski definition) is 5. The minimum atomic E-state index is 0.107. The highest BCUT2D eigenvalue weighted by atomic mass is 16.5. The molecule has 0 saturated heterocycles. The summed E-state index contributed by atoms with van der Waals surface area (Å²) in [6.07, 6.45) is 6.13. The zero-order chi connectivity index (χ0) is 12.8. The molecule has 2 heterocycles. The van der Waals surface area contributed by atoms with E-state index in [0.29, 0.717) is 11.8 Å². The Hall–Kier alpha value is -2.11. The third-order valence-corrected chi connectivity index (χ3v) is 2.19. The van der Waals surface area contributed by atoms with Crippen molar-refractivity contribution >= 4 is 5.95 Å². The molecule has 6 nitrogen and oxygen atoms in total. The molecule has 0 aliphatic rings. The number of hydrogen-bond donors (Lipinski definition) is 2. The van der Waals surface area contributed by atoms with Crippen molar-refractivity contribution in [1.29, 1.82) is 0 Å². The minimum Gasteiger partial charge on any atom is -0.475 e. The molecule has 0 bridgehead atoms. The predicted molar refractivity (Wildman–Crippen MR) is 68.6 cm³/mol. The van der Waals surface area contributed by atoms with Crippen LogP contribution in [-0.4, -0.2) is 32.6 Å². The van der Waals surface area contributed by atoms with Crippen LogP contribution in [-0.2, 0) is 6.42 Å². The van der Waals surface area contributed by atoms with Gasteiger partial charge in [0.2, 0.25) is 11.8 Å². The van der Waals surface area contributed by atoms with Crippen LogP contribution in [0.3, 0.4) is 0 Å². The van der Waals surface area contributed by atoms with E-state index in [-0.39, 0.29) is 6.10 Å². The van der Waals surface area contributed by atoms with Crippen LogP contribution in [0.4, 0.5) is 5.95 Å². The molecule has 6 heteroatoms. The molecule has 96 valence electrons. The van der Waals surface area contributed by atoms with E-state index in [2.05, 4.69) is 25.3 Å². The average molecular weight is 247 g/mol. The van der Waals surface area contributed by atoms with Crippen LogP contribution in [0.15, 0.2) is 24.7 Å². The molecule has 18 heavy (non-hydrogen) atoms. The second kappa shape index (κ2) is 6.00. The molecule has 0 radical (unpaired) electrons. The molecular formula is C12H17N5O. The van der Waals surface area contributed by atoms with Gasteiger partial charge in [0.25, 0.3) is 0 Å². The number of aromatic nitrogens is 4. The molecule has 2 N–H and O–H groups in total. The first-order valence-electron chi connectivity index (χ1n) is 5.96. The first-order valence-corrected chi connectivity index (χ1v) is 5.96. The average Bonchev–Trinajstić information content (AvgIpc) is 2.82. The standard InChI is InChI=1S/C12H17N5O/c1-9(2)18-11-4-6-16-12(17-11)15-5-3-10-13-7-8-14-10/h4,6-9H,3,5H2,1-2H3,(H,13,14)(H,15,16,17). The lowest BCUT2D eigenvalue weighted by Gasteiger charge is -2.09. The first kappa shape index (κ1) is 12.3. The monoisotopic (exact) mass is 247 g/mol. The quantitative estimate of drug-likeness (QED) is 0.811. The smallest absolute Gasteiger partial charge is 0.225 e. The van der Waals surface area contributed by atoms with Crippen molar-refractivity contribution < 1.29 is 4.74 Å². The van der Waals surface area contributed by atoms with E-state index in [9.17, 15) is 0 Å². The normalized spacial score (nSPS) is 10.6. The number of nitrogens with zero attached hydrogens (tertiary/aromatic N) is 3. The summed E-state index contributed by atoms with van der Waals surface area (Å²) in [5, 5.41) is 3.13. The van der Waals surface area contributed by atoms with Crippen LogP contribution in [0.1, 0.15) is 19.7 Å². The number of nitrogens with one attached hydrogen (secondary N) is 2. The molecule has 0 aliphatic carbocycles. The van der Waals surface area contributed by atoms with Crippen molar-refractivity contribution in [3.63, 3.8) is 0 Å². The van der Waals surface area contributed by atoms with E-state index in [1.165, 1.54) is 0 Å². The number of imidazole rings is 1. The molecular weight excluding hydrogens is 230 g/mol. The number of rotatable bonds is 6. The Morgan fingerprint density at radius 3 is 2.94 bits per heavy atom. The zero-order valence-electron chi connectivity index (χ0n) is 10.6. The zero-order valence-corrected chi connectivity index (χ0v) is 10.6. The fourth-order valence-electron chi connectivity index (χ4n) is 1.46. The van der Waals surface area contributed by atoms with Crippen LogP contribution in [0.25, 0.3) is 0 Å². The van der Waals surface area contributed by atoms with Gasteiger partial charge in [-0.3, -0.25) is 0 Å². The molecule has 0 unspecified atom stereocenters. The molecule has 0 fully saturated rings. The lowest BCUT2D eigenvalue weighted by Crippen LogP contribution is -2.11. The molecule has 2 aromatic heterocycles. The highest BCUT2D eigenvalue weighted by molar-refractivity contribution is 5.27. The van der Waals surface area contributed by atoms with Crippen molar-refractivity contribution in [2.24, 2.45) is 0 Å². The molecule has 0 spiro atoms. The molecule has 2 aromatic rings. The maximum absolute atomic E-state index is 5.50. The van der Waals surface area contributed by atoms with E-state index in [1.807, 2.05) is 20.0 Å². The van der Waals surface area contributed by atoms with E-state index >= 15 is 0 Å². The summed E-state index contributed by atoms with van der Waals surface area (Å²) in [5.41, 5.74) is 0. The highest BCUT2D eigenvalue weighted by Gasteiger charge is 2.02. The fourth-order valence-corrected chi connectivity index (χ4v) is 1.46. The molecule has 0 saturated carbocycles. The van der Waals surface area contributed by atoms with Gasteiger partial charge in [-0.2, -0.15) is 4.98 Å². The number of ether oxygens (including phenoxy) is 1. The van der Waals surface area contributed by atoms with Crippen LogP contribution in [0, 0.1) is 0 Å². The number of H-pyrrole nitrogens is 1. The predicted octanol–water partition coefficient (Wildman–Crippen LogP) is 1.64. The minimum absolute atomic E-state index is 0.107. The van der Waals surface area contributed by atoms with Crippen LogP contribution >= 0.6 is 0 Å². The largest absolute Gasteiger partial charge is 0.475 e. The van der Waals surface area contributed by atoms with Gasteiger partial charge < -0.3 is 15.0 Å². The van der Waals surface area contributed by atoms with Crippen LogP contribution < -0.4 is 10.1 Å². The summed E-state index contributed by atoms with van der Waals surface area (Å²) in [6.45, 7) is 4.65. The molecule has 0 atom stereocenters. The number of aromatic amines is 1. The Balaban J connectivity index is 1.85. The van der Waals surface area contributed by atoms with E-state index in [1.54, 1.807) is 18.5 Å². The van der Waals surface area contributed by atoms with Gasteiger partial charge in [0.05, 0.1) is 6.10 Å². The third-order valence-electron chi connectivity index (χ3n) is 2.19. The number of anilines is 1. The second-order valence-electron chi connectivity index (χ2n) is 4.10. The van der Waals surface area contributed by atoms with Gasteiger partial charge in [-0.1, -0.05) is 0 Å². The topological polar surface area (TPSA) is 75.7 Å². The maximum Gasteiger partial charge on any atom is 0.225 e. The Labute approximate surface area is 106 Å². The maximum atomic E-state index is 5.50. The Morgan fingerprint density at radius 1 is 1.33 bits per heavy atom. The van der Waals surface area contributed by atoms with Gasteiger partial charge in [-0.05, 0) is 13.8 Å². The van der Waals surface area contributed by atoms with Gasteiger partial charge in [0.15, 0.2) is 0 Å². The Bertz CT molecular complexity index is 469. The Kier molecular flexibility index (Phi) is 4.11. The van der Waals surface area contributed by atoms with E-state index in [0.717, 1.165) is 18.8 Å². The molecule has 0 aliphatic heterocycles. The molecule has 0 amide bonds. The highest BCUT2D eigenvalue weighted by Crippen LogP contribution is 2.10. The van der Waals surface area contributed by atoms with Crippen LogP contribution in [0.2, 0.25) is 0 Å². The molecule has 2 rings (SSSR count). The van der Waals surface area contributed by atoms with Crippen LogP contribution in [0.5, 0.6) is 5.88 Å². The fraction of sp³-hybridized carbons (Fsp3) is 0.417. The van der Waals surface area contributed by atoms with Crippen molar-refractivity contribution in [2.75, 3.05) is 11.9 Å². The van der Waals surface area contributed by atoms with Gasteiger partial charge in [-0.25, -0.2) is 9.97 Å². The summed E-state index contributed by atoms with van der Waals surface area (Å²) in [5.74, 6) is 2.09. The van der Waals surface area contributed by atoms with Gasteiger partial charge in [0, 0.05) is 37.6 Å². The van der Waals surface area contributed by atoms with Crippen molar-refractivity contribution in [1.82, 2.24) is 19.9 Å². The summed E-state index contributed by atoms with van der Waals surface area (Å²) < 4.78 is 5.50. The lowest BCUT2D eigenvalue weighted by atomic mass is 10.4.